The van der Waals surface area contributed by atoms with Gasteiger partial charge in [0.15, 0.2) is 9.84 Å². The average molecular weight is 388 g/mol. The van der Waals surface area contributed by atoms with Gasteiger partial charge in [-0.2, -0.15) is 0 Å². The number of halogens is 1. The zero-order valence-electron chi connectivity index (χ0n) is 13.4. The second-order valence-corrected chi connectivity index (χ2v) is 10.1. The van der Waals surface area contributed by atoms with Crippen molar-refractivity contribution >= 4 is 31.7 Å². The predicted molar refractivity (Wildman–Crippen MR) is 92.0 cm³/mol. The maximum absolute atomic E-state index is 12.8. The van der Waals surface area contributed by atoms with Crippen LogP contribution in [0.5, 0.6) is 0 Å². The first-order valence-electron chi connectivity index (χ1n) is 7.33. The summed E-state index contributed by atoms with van der Waals surface area (Å²) in [4.78, 5) is 14.5. The van der Waals surface area contributed by atoms with Gasteiger partial charge in [-0.3, -0.25) is 4.79 Å². The summed E-state index contributed by atoms with van der Waals surface area (Å²) in [5.74, 6) is -0.0830. The van der Waals surface area contributed by atoms with Crippen molar-refractivity contribution < 1.29 is 13.2 Å². The first kappa shape index (κ1) is 17.5. The van der Waals surface area contributed by atoms with E-state index < -0.39 is 14.6 Å². The predicted octanol–water partition coefficient (Wildman–Crippen LogP) is 3.11. The lowest BCUT2D eigenvalue weighted by atomic mass is 10.1. The lowest BCUT2D eigenvalue weighted by Crippen LogP contribution is -2.34. The van der Waals surface area contributed by atoms with Gasteiger partial charge in [-0.1, -0.05) is 6.07 Å². The highest BCUT2D eigenvalue weighted by Crippen LogP contribution is 2.28. The first-order valence-corrected chi connectivity index (χ1v) is 9.78. The second-order valence-electron chi connectivity index (χ2n) is 6.56. The first-order chi connectivity index (χ1) is 10.0. The third kappa shape index (κ3) is 3.23. The van der Waals surface area contributed by atoms with Crippen LogP contribution in [0.2, 0.25) is 0 Å². The largest absolute Gasteiger partial charge is 0.338 e. The van der Waals surface area contributed by atoms with Crippen molar-refractivity contribution in [1.29, 1.82) is 0 Å². The van der Waals surface area contributed by atoms with E-state index in [-0.39, 0.29) is 18.2 Å². The highest BCUT2D eigenvalue weighted by molar-refractivity contribution is 9.10. The van der Waals surface area contributed by atoms with Gasteiger partial charge in [-0.15, -0.1) is 0 Å². The van der Waals surface area contributed by atoms with Gasteiger partial charge in [-0.25, -0.2) is 8.42 Å². The zero-order valence-corrected chi connectivity index (χ0v) is 15.8. The van der Waals surface area contributed by atoms with E-state index in [4.69, 9.17) is 0 Å². The van der Waals surface area contributed by atoms with Crippen molar-refractivity contribution in [3.8, 4) is 0 Å². The molecule has 0 radical (unpaired) electrons. The molecule has 0 aliphatic carbocycles. The molecule has 0 bridgehead atoms. The molecule has 1 amide bonds. The van der Waals surface area contributed by atoms with E-state index in [0.717, 1.165) is 15.6 Å². The summed E-state index contributed by atoms with van der Waals surface area (Å²) in [6.07, 6.45) is 0.462. The fourth-order valence-electron chi connectivity index (χ4n) is 2.66. The SMILES string of the molecule is Cc1cc(C)c(Br)c(C(=O)N2CCC(C)(C)S(=O)(=O)CC2)c1. The minimum Gasteiger partial charge on any atom is -0.338 e. The lowest BCUT2D eigenvalue weighted by molar-refractivity contribution is 0.0763. The smallest absolute Gasteiger partial charge is 0.255 e. The molecule has 1 aromatic rings. The van der Waals surface area contributed by atoms with Crippen LogP contribution in [0.15, 0.2) is 16.6 Å². The van der Waals surface area contributed by atoms with E-state index in [1.54, 1.807) is 18.7 Å². The van der Waals surface area contributed by atoms with Gasteiger partial charge in [0, 0.05) is 17.6 Å². The highest BCUT2D eigenvalue weighted by atomic mass is 79.9. The van der Waals surface area contributed by atoms with E-state index in [9.17, 15) is 13.2 Å². The van der Waals surface area contributed by atoms with Crippen LogP contribution in [-0.4, -0.2) is 42.8 Å². The van der Waals surface area contributed by atoms with E-state index in [1.165, 1.54) is 0 Å². The summed E-state index contributed by atoms with van der Waals surface area (Å²) >= 11 is 3.48. The average Bonchev–Trinajstić information content (AvgIpc) is 2.51. The Balaban J connectivity index is 2.32. The van der Waals surface area contributed by atoms with Gasteiger partial charge in [0.2, 0.25) is 0 Å². The third-order valence-electron chi connectivity index (χ3n) is 4.37. The van der Waals surface area contributed by atoms with E-state index in [2.05, 4.69) is 15.9 Å². The van der Waals surface area contributed by atoms with Crippen LogP contribution in [0.4, 0.5) is 0 Å². The lowest BCUT2D eigenvalue weighted by Gasteiger charge is -2.23. The fourth-order valence-corrected chi connectivity index (χ4v) is 4.47. The molecule has 0 saturated carbocycles. The maximum atomic E-state index is 12.8. The molecule has 0 unspecified atom stereocenters. The molecule has 4 nitrogen and oxygen atoms in total. The maximum Gasteiger partial charge on any atom is 0.255 e. The Hall–Kier alpha value is -0.880. The summed E-state index contributed by atoms with van der Waals surface area (Å²) < 4.78 is 24.5. The summed E-state index contributed by atoms with van der Waals surface area (Å²) in [5.41, 5.74) is 2.63. The minimum atomic E-state index is -3.18. The van der Waals surface area contributed by atoms with E-state index >= 15 is 0 Å². The number of carbonyl (C=O) groups is 1. The third-order valence-corrected chi connectivity index (χ3v) is 8.03. The number of nitrogens with zero attached hydrogens (tertiary/aromatic N) is 1. The van der Waals surface area contributed by atoms with Crippen LogP contribution >= 0.6 is 15.9 Å². The van der Waals surface area contributed by atoms with Crippen LogP contribution in [0.3, 0.4) is 0 Å². The normalized spacial score (nSPS) is 20.5. The molecule has 22 heavy (non-hydrogen) atoms. The summed E-state index contributed by atoms with van der Waals surface area (Å²) in [6, 6.07) is 3.86. The molecule has 0 atom stereocenters. The molecule has 6 heteroatoms. The van der Waals surface area contributed by atoms with Gasteiger partial charge in [-0.05, 0) is 67.2 Å². The molecule has 1 aliphatic rings. The number of sulfone groups is 1. The number of benzene rings is 1. The van der Waals surface area contributed by atoms with Crippen LogP contribution in [0.1, 0.15) is 41.8 Å². The van der Waals surface area contributed by atoms with Gasteiger partial charge < -0.3 is 4.90 Å². The van der Waals surface area contributed by atoms with Crippen molar-refractivity contribution in [2.24, 2.45) is 0 Å². The van der Waals surface area contributed by atoms with Crippen LogP contribution in [0, 0.1) is 13.8 Å². The number of rotatable bonds is 1. The quantitative estimate of drug-likeness (QED) is 0.743. The molecule has 0 aromatic heterocycles. The van der Waals surface area contributed by atoms with Crippen molar-refractivity contribution in [2.75, 3.05) is 18.8 Å². The molecule has 0 spiro atoms. The molecule has 1 aromatic carbocycles. The Morgan fingerprint density at radius 1 is 1.23 bits per heavy atom. The number of aryl methyl sites for hydroxylation is 2. The van der Waals surface area contributed by atoms with Gasteiger partial charge in [0.1, 0.15) is 0 Å². The second kappa shape index (κ2) is 5.96. The number of amides is 1. The monoisotopic (exact) mass is 387 g/mol. The molecule has 2 rings (SSSR count). The van der Waals surface area contributed by atoms with Gasteiger partial charge in [0.05, 0.1) is 16.1 Å². The molecular weight excluding hydrogens is 366 g/mol. The fraction of sp³-hybridized carbons (Fsp3) is 0.562. The standard InChI is InChI=1S/C16H22BrNO3S/c1-11-9-12(2)14(17)13(10-11)15(19)18-6-5-16(3,4)22(20,21)8-7-18/h9-10H,5-8H2,1-4H3. The van der Waals surface area contributed by atoms with Crippen molar-refractivity contribution in [2.45, 2.75) is 38.9 Å². The topological polar surface area (TPSA) is 54.5 Å². The van der Waals surface area contributed by atoms with Gasteiger partial charge >= 0.3 is 0 Å². The highest BCUT2D eigenvalue weighted by Gasteiger charge is 2.38. The summed E-state index contributed by atoms with van der Waals surface area (Å²) in [5, 5.41) is 0. The summed E-state index contributed by atoms with van der Waals surface area (Å²) in [7, 11) is -3.18. The Bertz CT molecular complexity index is 710. The Morgan fingerprint density at radius 3 is 2.50 bits per heavy atom. The molecular formula is C16H22BrNO3S. The Labute approximate surface area is 140 Å². The van der Waals surface area contributed by atoms with Crippen LogP contribution in [0.25, 0.3) is 0 Å². The molecule has 1 heterocycles. The molecule has 1 saturated heterocycles. The van der Waals surface area contributed by atoms with Crippen LogP contribution in [-0.2, 0) is 9.84 Å². The Morgan fingerprint density at radius 2 is 1.86 bits per heavy atom. The van der Waals surface area contributed by atoms with Crippen molar-refractivity contribution in [3.05, 3.63) is 33.3 Å². The Kier molecular flexibility index (Phi) is 4.74. The van der Waals surface area contributed by atoms with Crippen molar-refractivity contribution in [1.82, 2.24) is 4.90 Å². The molecule has 0 N–H and O–H groups in total. The minimum absolute atomic E-state index is 0.0220. The molecule has 1 fully saturated rings. The van der Waals surface area contributed by atoms with Gasteiger partial charge in [0.25, 0.3) is 5.91 Å². The van der Waals surface area contributed by atoms with E-state index in [0.29, 0.717) is 18.5 Å². The zero-order chi connectivity index (χ0) is 16.7. The number of carbonyl (C=O) groups excluding carboxylic acids is 1. The van der Waals surface area contributed by atoms with Crippen LogP contribution < -0.4 is 0 Å². The molecule has 122 valence electrons. The number of hydrogen-bond acceptors (Lipinski definition) is 3. The number of hydrogen-bond donors (Lipinski definition) is 0. The summed E-state index contributed by atoms with van der Waals surface area (Å²) in [6.45, 7) is 8.09. The van der Waals surface area contributed by atoms with E-state index in [1.807, 2.05) is 26.0 Å². The van der Waals surface area contributed by atoms with Crippen molar-refractivity contribution in [3.63, 3.8) is 0 Å². The molecule has 1 aliphatic heterocycles.